The number of rotatable bonds is 5. The number of halogens is 3. The van der Waals surface area contributed by atoms with E-state index in [2.05, 4.69) is 10.3 Å². The number of hydrogen-bond donors (Lipinski definition) is 1. The molecule has 1 aromatic heterocycles. The summed E-state index contributed by atoms with van der Waals surface area (Å²) in [4.78, 5) is 17.2. The standard InChI is InChI=1S/C19H13Cl3N2OS/c20-15-6-2-1-4-12(15)8-9-17(25)24-19-23-11-14(26-19)10-13-5-3-7-16(21)18(13)22/h1-9,11H,10H2,(H,23,24,25)/b9-8+. The van der Waals surface area contributed by atoms with E-state index in [4.69, 9.17) is 34.8 Å². The highest BCUT2D eigenvalue weighted by Gasteiger charge is 2.09. The Morgan fingerprint density at radius 3 is 2.65 bits per heavy atom. The molecule has 0 aliphatic carbocycles. The zero-order valence-corrected chi connectivity index (χ0v) is 16.5. The number of hydrogen-bond acceptors (Lipinski definition) is 3. The third kappa shape index (κ3) is 4.86. The van der Waals surface area contributed by atoms with Gasteiger partial charge < -0.3 is 0 Å². The molecule has 3 nitrogen and oxygen atoms in total. The zero-order chi connectivity index (χ0) is 18.5. The highest BCUT2D eigenvalue weighted by Crippen LogP contribution is 2.29. The summed E-state index contributed by atoms with van der Waals surface area (Å²) in [7, 11) is 0. The number of carbonyl (C=O) groups excluding carboxylic acids is 1. The normalized spacial score (nSPS) is 11.0. The van der Waals surface area contributed by atoms with Crippen LogP contribution in [0.15, 0.2) is 54.7 Å². The molecule has 1 heterocycles. The van der Waals surface area contributed by atoms with Gasteiger partial charge in [0, 0.05) is 28.6 Å². The minimum absolute atomic E-state index is 0.272. The van der Waals surface area contributed by atoms with Crippen LogP contribution in [0.1, 0.15) is 16.0 Å². The van der Waals surface area contributed by atoms with Gasteiger partial charge in [0.05, 0.1) is 10.0 Å². The third-order valence-corrected chi connectivity index (χ3v) is 5.61. The highest BCUT2D eigenvalue weighted by molar-refractivity contribution is 7.15. The minimum Gasteiger partial charge on any atom is -0.298 e. The van der Waals surface area contributed by atoms with Crippen LogP contribution in [0.4, 0.5) is 5.13 Å². The first kappa shape index (κ1) is 18.9. The summed E-state index contributed by atoms with van der Waals surface area (Å²) in [6, 6.07) is 12.8. The van der Waals surface area contributed by atoms with Crippen molar-refractivity contribution in [2.24, 2.45) is 0 Å². The molecule has 132 valence electrons. The van der Waals surface area contributed by atoms with Crippen LogP contribution in [0, 0.1) is 0 Å². The summed E-state index contributed by atoms with van der Waals surface area (Å²) in [6.45, 7) is 0. The van der Waals surface area contributed by atoms with Gasteiger partial charge in [-0.25, -0.2) is 4.98 Å². The van der Waals surface area contributed by atoms with Crippen LogP contribution in [0.5, 0.6) is 0 Å². The Hall–Kier alpha value is -1.85. The molecule has 0 atom stereocenters. The van der Waals surface area contributed by atoms with Crippen molar-refractivity contribution < 1.29 is 4.79 Å². The minimum atomic E-state index is -0.272. The summed E-state index contributed by atoms with van der Waals surface area (Å²) in [6.07, 6.45) is 5.41. The van der Waals surface area contributed by atoms with Crippen molar-refractivity contribution in [3.05, 3.63) is 85.8 Å². The fourth-order valence-electron chi connectivity index (χ4n) is 2.24. The first-order chi connectivity index (χ1) is 12.5. The molecule has 0 aliphatic heterocycles. The molecule has 2 aromatic carbocycles. The Balaban J connectivity index is 1.64. The molecule has 3 rings (SSSR count). The quantitative estimate of drug-likeness (QED) is 0.486. The monoisotopic (exact) mass is 422 g/mol. The van der Waals surface area contributed by atoms with Gasteiger partial charge in [0.15, 0.2) is 5.13 Å². The second-order valence-electron chi connectivity index (χ2n) is 5.37. The predicted octanol–water partition coefficient (Wildman–Crippen LogP) is 6.35. The average Bonchev–Trinajstić information content (AvgIpc) is 3.05. The number of nitrogens with zero attached hydrogens (tertiary/aromatic N) is 1. The molecule has 0 aliphatic rings. The fraction of sp³-hybridized carbons (Fsp3) is 0.0526. The van der Waals surface area contributed by atoms with E-state index in [9.17, 15) is 4.79 Å². The lowest BCUT2D eigenvalue weighted by Gasteiger charge is -2.03. The lowest BCUT2D eigenvalue weighted by atomic mass is 10.1. The van der Waals surface area contributed by atoms with Crippen molar-refractivity contribution in [2.45, 2.75) is 6.42 Å². The van der Waals surface area contributed by atoms with Gasteiger partial charge in [0.25, 0.3) is 0 Å². The van der Waals surface area contributed by atoms with E-state index in [-0.39, 0.29) is 5.91 Å². The van der Waals surface area contributed by atoms with Crippen molar-refractivity contribution in [1.82, 2.24) is 4.98 Å². The van der Waals surface area contributed by atoms with Gasteiger partial charge in [-0.05, 0) is 29.3 Å². The molecule has 0 spiro atoms. The number of aromatic nitrogens is 1. The maximum atomic E-state index is 12.1. The van der Waals surface area contributed by atoms with Crippen LogP contribution >= 0.6 is 46.1 Å². The molecule has 0 bridgehead atoms. The van der Waals surface area contributed by atoms with E-state index in [1.807, 2.05) is 30.3 Å². The predicted molar refractivity (Wildman–Crippen MR) is 110 cm³/mol. The average molecular weight is 424 g/mol. The summed E-state index contributed by atoms with van der Waals surface area (Å²) in [5, 5.41) is 4.91. The smallest absolute Gasteiger partial charge is 0.250 e. The van der Waals surface area contributed by atoms with Crippen molar-refractivity contribution in [3.8, 4) is 0 Å². The maximum absolute atomic E-state index is 12.1. The van der Waals surface area contributed by atoms with Crippen molar-refractivity contribution in [2.75, 3.05) is 5.32 Å². The largest absolute Gasteiger partial charge is 0.298 e. The second kappa shape index (κ2) is 8.69. The number of carbonyl (C=O) groups is 1. The first-order valence-corrected chi connectivity index (χ1v) is 9.59. The lowest BCUT2D eigenvalue weighted by molar-refractivity contribution is -0.111. The van der Waals surface area contributed by atoms with Gasteiger partial charge >= 0.3 is 0 Å². The van der Waals surface area contributed by atoms with E-state index in [0.29, 0.717) is 26.6 Å². The van der Waals surface area contributed by atoms with E-state index >= 15 is 0 Å². The van der Waals surface area contributed by atoms with Gasteiger partial charge in [0.1, 0.15) is 0 Å². The number of amides is 1. The van der Waals surface area contributed by atoms with Crippen LogP contribution < -0.4 is 5.32 Å². The molecule has 7 heteroatoms. The Morgan fingerprint density at radius 2 is 1.85 bits per heavy atom. The van der Waals surface area contributed by atoms with E-state index in [1.165, 1.54) is 17.4 Å². The molecule has 0 saturated heterocycles. The first-order valence-electron chi connectivity index (χ1n) is 7.64. The SMILES string of the molecule is O=C(/C=C/c1ccccc1Cl)Nc1ncc(Cc2cccc(Cl)c2Cl)s1. The molecule has 0 radical (unpaired) electrons. The van der Waals surface area contributed by atoms with E-state index in [1.54, 1.807) is 24.4 Å². The van der Waals surface area contributed by atoms with Crippen molar-refractivity contribution in [1.29, 1.82) is 0 Å². The molecule has 3 aromatic rings. The van der Waals surface area contributed by atoms with Gasteiger partial charge in [-0.2, -0.15) is 0 Å². The Labute approximate surface area is 170 Å². The van der Waals surface area contributed by atoms with Gasteiger partial charge in [-0.3, -0.25) is 10.1 Å². The van der Waals surface area contributed by atoms with Crippen LogP contribution in [0.25, 0.3) is 6.08 Å². The molecule has 0 fully saturated rings. The van der Waals surface area contributed by atoms with Crippen LogP contribution in [-0.2, 0) is 11.2 Å². The van der Waals surface area contributed by atoms with Gasteiger partial charge in [0.2, 0.25) is 5.91 Å². The van der Waals surface area contributed by atoms with Gasteiger partial charge in [-0.15, -0.1) is 11.3 Å². The number of anilines is 1. The topological polar surface area (TPSA) is 42.0 Å². The molecule has 26 heavy (non-hydrogen) atoms. The number of thiazole rings is 1. The van der Waals surface area contributed by atoms with Crippen LogP contribution in [-0.4, -0.2) is 10.9 Å². The molecule has 0 saturated carbocycles. The Bertz CT molecular complexity index is 969. The zero-order valence-electron chi connectivity index (χ0n) is 13.4. The molecule has 0 unspecified atom stereocenters. The van der Waals surface area contributed by atoms with Crippen molar-refractivity contribution in [3.63, 3.8) is 0 Å². The number of nitrogens with one attached hydrogen (secondary N) is 1. The lowest BCUT2D eigenvalue weighted by Crippen LogP contribution is -2.07. The molecule has 1 N–H and O–H groups in total. The van der Waals surface area contributed by atoms with Crippen molar-refractivity contribution >= 4 is 63.3 Å². The Morgan fingerprint density at radius 1 is 1.08 bits per heavy atom. The summed E-state index contributed by atoms with van der Waals surface area (Å²) in [5.41, 5.74) is 1.69. The fourth-order valence-corrected chi connectivity index (χ4v) is 3.67. The third-order valence-electron chi connectivity index (χ3n) is 3.50. The van der Waals surface area contributed by atoms with Gasteiger partial charge in [-0.1, -0.05) is 65.1 Å². The van der Waals surface area contributed by atoms with Crippen LogP contribution in [0.2, 0.25) is 15.1 Å². The number of benzene rings is 2. The van der Waals surface area contributed by atoms with Crippen LogP contribution in [0.3, 0.4) is 0 Å². The molecular formula is C19H13Cl3N2OS. The molecule has 1 amide bonds. The maximum Gasteiger partial charge on any atom is 0.250 e. The molecular weight excluding hydrogens is 411 g/mol. The second-order valence-corrected chi connectivity index (χ2v) is 7.67. The van der Waals surface area contributed by atoms with E-state index < -0.39 is 0 Å². The highest BCUT2D eigenvalue weighted by atomic mass is 35.5. The summed E-state index contributed by atoms with van der Waals surface area (Å²) in [5.74, 6) is -0.272. The summed E-state index contributed by atoms with van der Waals surface area (Å²) >= 11 is 19.7. The Kier molecular flexibility index (Phi) is 6.33. The van der Waals surface area contributed by atoms with E-state index in [0.717, 1.165) is 16.0 Å². The summed E-state index contributed by atoms with van der Waals surface area (Å²) < 4.78 is 0.